The summed E-state index contributed by atoms with van der Waals surface area (Å²) >= 11 is 0. The van der Waals surface area contributed by atoms with E-state index in [0.29, 0.717) is 19.5 Å². The number of nitrogens with one attached hydrogen (secondary N) is 1. The maximum atomic E-state index is 12.8. The van der Waals surface area contributed by atoms with Gasteiger partial charge in [0.25, 0.3) is 0 Å². The fourth-order valence-electron chi connectivity index (χ4n) is 3.94. The smallest absolute Gasteiger partial charge is 0.222 e. The van der Waals surface area contributed by atoms with Crippen LogP contribution in [-0.2, 0) is 17.8 Å². The molecule has 0 aliphatic rings. The Hall–Kier alpha value is -3.73. The van der Waals surface area contributed by atoms with E-state index in [1.165, 1.54) is 5.56 Å². The average Bonchev–Trinajstić information content (AvgIpc) is 2.87. The number of para-hydroxylation sites is 1. The van der Waals surface area contributed by atoms with E-state index in [9.17, 15) is 4.79 Å². The first-order chi connectivity index (χ1) is 16.1. The summed E-state index contributed by atoms with van der Waals surface area (Å²) in [5.74, 6) is 1.72. The molecule has 33 heavy (non-hydrogen) atoms. The van der Waals surface area contributed by atoms with E-state index in [1.807, 2.05) is 73.7 Å². The first-order valence-electron chi connectivity index (χ1n) is 11.5. The highest BCUT2D eigenvalue weighted by Gasteiger charge is 2.17. The van der Waals surface area contributed by atoms with Gasteiger partial charge in [0.1, 0.15) is 11.6 Å². The molecule has 0 radical (unpaired) electrons. The van der Waals surface area contributed by atoms with E-state index < -0.39 is 0 Å². The molecule has 1 aromatic heterocycles. The number of aryl methyl sites for hydroxylation is 1. The zero-order valence-corrected chi connectivity index (χ0v) is 19.2. The van der Waals surface area contributed by atoms with Crippen molar-refractivity contribution in [1.29, 1.82) is 0 Å². The largest absolute Gasteiger partial charge is 0.351 e. The zero-order chi connectivity index (χ0) is 23.0. The lowest BCUT2D eigenvalue weighted by Gasteiger charge is -2.26. The van der Waals surface area contributed by atoms with Crippen molar-refractivity contribution in [3.8, 4) is 0 Å². The van der Waals surface area contributed by atoms with Crippen molar-refractivity contribution >= 4 is 22.6 Å². The molecule has 1 heterocycles. The molecule has 1 N–H and O–H groups in total. The topological polar surface area (TPSA) is 58.1 Å². The fourth-order valence-corrected chi connectivity index (χ4v) is 3.94. The maximum Gasteiger partial charge on any atom is 0.222 e. The van der Waals surface area contributed by atoms with Gasteiger partial charge in [-0.15, -0.1) is 0 Å². The number of fused-ring (bicyclic) bond motifs is 1. The van der Waals surface area contributed by atoms with Gasteiger partial charge in [0.15, 0.2) is 0 Å². The van der Waals surface area contributed by atoms with Gasteiger partial charge in [-0.25, -0.2) is 9.97 Å². The predicted molar refractivity (Wildman–Crippen MR) is 134 cm³/mol. The summed E-state index contributed by atoms with van der Waals surface area (Å²) in [5, 5.41) is 4.13. The van der Waals surface area contributed by atoms with E-state index in [2.05, 4.69) is 35.3 Å². The Morgan fingerprint density at radius 1 is 0.909 bits per heavy atom. The van der Waals surface area contributed by atoms with Crippen molar-refractivity contribution in [3.63, 3.8) is 0 Å². The van der Waals surface area contributed by atoms with Gasteiger partial charge < -0.3 is 10.2 Å². The summed E-state index contributed by atoms with van der Waals surface area (Å²) in [4.78, 5) is 24.6. The molecule has 168 valence electrons. The zero-order valence-electron chi connectivity index (χ0n) is 19.2. The number of aromatic nitrogens is 2. The van der Waals surface area contributed by atoms with Crippen LogP contribution in [0, 0.1) is 0 Å². The molecule has 1 amide bonds. The molecule has 0 aliphatic heterocycles. The van der Waals surface area contributed by atoms with Crippen LogP contribution in [0.4, 0.5) is 5.82 Å². The van der Waals surface area contributed by atoms with E-state index in [0.717, 1.165) is 34.5 Å². The minimum Gasteiger partial charge on any atom is -0.351 e. The molecule has 4 rings (SSSR count). The van der Waals surface area contributed by atoms with Crippen molar-refractivity contribution in [2.45, 2.75) is 39.3 Å². The lowest BCUT2D eigenvalue weighted by Crippen LogP contribution is -2.32. The van der Waals surface area contributed by atoms with Gasteiger partial charge in [-0.05, 0) is 30.2 Å². The van der Waals surface area contributed by atoms with Crippen molar-refractivity contribution < 1.29 is 4.79 Å². The molecule has 1 atom stereocenters. The summed E-state index contributed by atoms with van der Waals surface area (Å²) < 4.78 is 0. The highest BCUT2D eigenvalue weighted by atomic mass is 16.1. The van der Waals surface area contributed by atoms with Crippen molar-refractivity contribution in [3.05, 3.63) is 102 Å². The van der Waals surface area contributed by atoms with E-state index in [4.69, 9.17) is 9.97 Å². The Kier molecular flexibility index (Phi) is 7.30. The summed E-state index contributed by atoms with van der Waals surface area (Å²) in [6.07, 6.45) is 1.13. The first kappa shape index (κ1) is 22.5. The Labute approximate surface area is 195 Å². The van der Waals surface area contributed by atoms with E-state index in [-0.39, 0.29) is 11.9 Å². The number of nitrogens with zero attached hydrogens (tertiary/aromatic N) is 3. The van der Waals surface area contributed by atoms with Crippen LogP contribution in [0.1, 0.15) is 43.3 Å². The molecular formula is C28H30N4O. The second-order valence-electron chi connectivity index (χ2n) is 8.19. The van der Waals surface area contributed by atoms with Gasteiger partial charge in [-0.2, -0.15) is 0 Å². The van der Waals surface area contributed by atoms with Crippen molar-refractivity contribution in [2.24, 2.45) is 0 Å². The second kappa shape index (κ2) is 10.7. The molecule has 3 aromatic carbocycles. The SMILES string of the molecule is CCc1nc(N(CCC(=O)NC(C)c2ccccc2)Cc2ccccc2)c2ccccc2n1. The molecule has 0 fully saturated rings. The second-order valence-corrected chi connectivity index (χ2v) is 8.19. The van der Waals surface area contributed by atoms with Crippen LogP contribution >= 0.6 is 0 Å². The van der Waals surface area contributed by atoms with Crippen LogP contribution in [-0.4, -0.2) is 22.4 Å². The average molecular weight is 439 g/mol. The molecule has 0 saturated carbocycles. The number of hydrogen-bond donors (Lipinski definition) is 1. The molecule has 5 nitrogen and oxygen atoms in total. The minimum atomic E-state index is -0.0344. The van der Waals surface area contributed by atoms with Crippen LogP contribution < -0.4 is 10.2 Å². The molecule has 0 bridgehead atoms. The lowest BCUT2D eigenvalue weighted by atomic mass is 10.1. The molecule has 1 unspecified atom stereocenters. The van der Waals surface area contributed by atoms with E-state index in [1.54, 1.807) is 0 Å². The Balaban J connectivity index is 1.57. The fraction of sp³-hybridized carbons (Fsp3) is 0.250. The predicted octanol–water partition coefficient (Wildman–Crippen LogP) is 5.47. The van der Waals surface area contributed by atoms with Gasteiger partial charge in [0.05, 0.1) is 11.6 Å². The van der Waals surface area contributed by atoms with Crippen LogP contribution in [0.2, 0.25) is 0 Å². The molecular weight excluding hydrogens is 408 g/mol. The summed E-state index contributed by atoms with van der Waals surface area (Å²) in [6, 6.07) is 28.4. The van der Waals surface area contributed by atoms with Crippen molar-refractivity contribution in [2.75, 3.05) is 11.4 Å². The third-order valence-electron chi connectivity index (χ3n) is 5.75. The summed E-state index contributed by atoms with van der Waals surface area (Å²) in [5.41, 5.74) is 3.21. The molecule has 0 spiro atoms. The van der Waals surface area contributed by atoms with Crippen LogP contribution in [0.3, 0.4) is 0 Å². The quantitative estimate of drug-likeness (QED) is 0.377. The van der Waals surface area contributed by atoms with Gasteiger partial charge in [-0.1, -0.05) is 79.7 Å². The van der Waals surface area contributed by atoms with Crippen LogP contribution in [0.15, 0.2) is 84.9 Å². The van der Waals surface area contributed by atoms with Gasteiger partial charge in [0, 0.05) is 31.3 Å². The van der Waals surface area contributed by atoms with Crippen LogP contribution in [0.5, 0.6) is 0 Å². The molecule has 5 heteroatoms. The number of benzene rings is 3. The summed E-state index contributed by atoms with van der Waals surface area (Å²) in [6.45, 7) is 5.31. The maximum absolute atomic E-state index is 12.8. The van der Waals surface area contributed by atoms with Gasteiger partial charge in [-0.3, -0.25) is 4.79 Å². The molecule has 0 saturated heterocycles. The molecule has 4 aromatic rings. The number of hydrogen-bond acceptors (Lipinski definition) is 4. The number of rotatable bonds is 9. The van der Waals surface area contributed by atoms with Gasteiger partial charge >= 0.3 is 0 Å². The highest BCUT2D eigenvalue weighted by molar-refractivity contribution is 5.89. The number of anilines is 1. The third kappa shape index (κ3) is 5.75. The first-order valence-corrected chi connectivity index (χ1v) is 11.5. The number of amides is 1. The van der Waals surface area contributed by atoms with Crippen molar-refractivity contribution in [1.82, 2.24) is 15.3 Å². The normalized spacial score (nSPS) is 11.8. The standard InChI is InChI=1S/C28H30N4O/c1-3-26-30-25-17-11-10-16-24(25)28(31-26)32(20-22-12-6-4-7-13-22)19-18-27(33)29-21(2)23-14-8-5-9-15-23/h4-17,21H,3,18-20H2,1-2H3,(H,29,33). The van der Waals surface area contributed by atoms with Crippen LogP contribution in [0.25, 0.3) is 10.9 Å². The summed E-state index contributed by atoms with van der Waals surface area (Å²) in [7, 11) is 0. The Bertz CT molecular complexity index is 1190. The Morgan fingerprint density at radius 3 is 2.30 bits per heavy atom. The van der Waals surface area contributed by atoms with E-state index >= 15 is 0 Å². The highest BCUT2D eigenvalue weighted by Crippen LogP contribution is 2.26. The molecule has 0 aliphatic carbocycles. The number of carbonyl (C=O) groups excluding carboxylic acids is 1. The third-order valence-corrected chi connectivity index (χ3v) is 5.75. The monoisotopic (exact) mass is 438 g/mol. The lowest BCUT2D eigenvalue weighted by molar-refractivity contribution is -0.121. The minimum absolute atomic E-state index is 0.0264. The van der Waals surface area contributed by atoms with Gasteiger partial charge in [0.2, 0.25) is 5.91 Å². The number of carbonyl (C=O) groups is 1. The Morgan fingerprint density at radius 2 is 1.58 bits per heavy atom.